The van der Waals surface area contributed by atoms with Crippen molar-refractivity contribution in [2.75, 3.05) is 7.11 Å². The zero-order chi connectivity index (χ0) is 24.0. The lowest BCUT2D eigenvalue weighted by Crippen LogP contribution is -2.08. The molecular formula is C21H14F3N5O3S2. The van der Waals surface area contributed by atoms with Crippen LogP contribution in [0.5, 0.6) is 5.88 Å². The maximum Gasteiger partial charge on any atom is 0.244 e. The van der Waals surface area contributed by atoms with Crippen LogP contribution in [0.4, 0.5) is 13.2 Å². The first-order valence-corrected chi connectivity index (χ1v) is 12.1. The number of aromatic nitrogens is 5. The molecule has 2 aromatic carbocycles. The summed E-state index contributed by atoms with van der Waals surface area (Å²) in [5.74, 6) is -3.45. The van der Waals surface area contributed by atoms with E-state index in [2.05, 4.69) is 24.5 Å². The van der Waals surface area contributed by atoms with Gasteiger partial charge in [-0.05, 0) is 29.7 Å². The van der Waals surface area contributed by atoms with Crippen LogP contribution in [0.15, 0.2) is 46.9 Å². The lowest BCUT2D eigenvalue weighted by molar-refractivity contribution is 0.391. The molecular weight excluding hydrogens is 491 g/mol. The smallest absolute Gasteiger partial charge is 0.244 e. The van der Waals surface area contributed by atoms with E-state index in [1.807, 2.05) is 0 Å². The zero-order valence-electron chi connectivity index (χ0n) is 17.3. The van der Waals surface area contributed by atoms with Crippen LogP contribution in [0.3, 0.4) is 0 Å². The molecule has 0 saturated heterocycles. The standard InChI is InChI=1S/C21H14F3N5O3S2/c1-32-21-15(8-33-29-21)34(30,31)9-10-6-11(22)7-14(16(10)23)12-2-3-13-18(17(12)24)27-28-19(13)20-25-4-5-26-20/h2-8H,9H2,1H3,(H,25,26)(H,27,28). The predicted molar refractivity (Wildman–Crippen MR) is 119 cm³/mol. The summed E-state index contributed by atoms with van der Waals surface area (Å²) >= 11 is 0.851. The Kier molecular flexibility index (Phi) is 5.37. The molecule has 3 aromatic heterocycles. The van der Waals surface area contributed by atoms with Crippen LogP contribution in [0.25, 0.3) is 33.5 Å². The molecule has 0 fully saturated rings. The summed E-state index contributed by atoms with van der Waals surface area (Å²) in [4.78, 5) is 6.74. The van der Waals surface area contributed by atoms with Crippen LogP contribution in [-0.4, -0.2) is 40.1 Å². The van der Waals surface area contributed by atoms with Crippen molar-refractivity contribution in [3.05, 3.63) is 65.1 Å². The van der Waals surface area contributed by atoms with Crippen molar-refractivity contribution in [3.63, 3.8) is 0 Å². The highest BCUT2D eigenvalue weighted by molar-refractivity contribution is 7.90. The largest absolute Gasteiger partial charge is 0.479 e. The molecule has 0 amide bonds. The van der Waals surface area contributed by atoms with E-state index >= 15 is 8.78 Å². The Morgan fingerprint density at radius 3 is 2.68 bits per heavy atom. The average molecular weight is 506 g/mol. The van der Waals surface area contributed by atoms with E-state index in [1.165, 1.54) is 30.8 Å². The maximum atomic E-state index is 15.4. The molecule has 5 aromatic rings. The van der Waals surface area contributed by atoms with Crippen LogP contribution in [0, 0.1) is 17.5 Å². The monoisotopic (exact) mass is 505 g/mol. The minimum Gasteiger partial charge on any atom is -0.479 e. The molecule has 0 spiro atoms. The average Bonchev–Trinajstić information content (AvgIpc) is 3.56. The van der Waals surface area contributed by atoms with E-state index in [4.69, 9.17) is 4.74 Å². The van der Waals surface area contributed by atoms with Gasteiger partial charge in [-0.3, -0.25) is 5.10 Å². The molecule has 8 nitrogen and oxygen atoms in total. The lowest BCUT2D eigenvalue weighted by Gasteiger charge is -2.11. The van der Waals surface area contributed by atoms with E-state index in [-0.39, 0.29) is 21.9 Å². The molecule has 0 aliphatic rings. The highest BCUT2D eigenvalue weighted by Gasteiger charge is 2.27. The first-order valence-electron chi connectivity index (χ1n) is 9.66. The van der Waals surface area contributed by atoms with Crippen molar-refractivity contribution in [2.45, 2.75) is 10.6 Å². The van der Waals surface area contributed by atoms with Gasteiger partial charge in [0.1, 0.15) is 27.7 Å². The Labute approximate surface area is 194 Å². The van der Waals surface area contributed by atoms with E-state index < -0.39 is 44.2 Å². The summed E-state index contributed by atoms with van der Waals surface area (Å²) in [5, 5.41) is 8.26. The number of imidazole rings is 1. The van der Waals surface area contributed by atoms with Crippen LogP contribution in [-0.2, 0) is 15.6 Å². The van der Waals surface area contributed by atoms with Gasteiger partial charge in [-0.15, -0.1) is 0 Å². The third-order valence-corrected chi connectivity index (χ3v) is 7.60. The van der Waals surface area contributed by atoms with E-state index in [0.29, 0.717) is 16.9 Å². The third kappa shape index (κ3) is 3.62. The molecule has 5 rings (SSSR count). The first kappa shape index (κ1) is 22.1. The number of halogens is 3. The van der Waals surface area contributed by atoms with Crippen molar-refractivity contribution >= 4 is 32.3 Å². The number of hydrogen-bond donors (Lipinski definition) is 2. The number of nitrogens with one attached hydrogen (secondary N) is 2. The Balaban J connectivity index is 1.60. The van der Waals surface area contributed by atoms with Gasteiger partial charge in [-0.25, -0.2) is 26.6 Å². The first-order chi connectivity index (χ1) is 16.3. The number of sulfone groups is 1. The van der Waals surface area contributed by atoms with Crippen molar-refractivity contribution < 1.29 is 26.3 Å². The Morgan fingerprint density at radius 1 is 1.12 bits per heavy atom. The van der Waals surface area contributed by atoms with Crippen molar-refractivity contribution in [3.8, 4) is 28.5 Å². The molecule has 0 atom stereocenters. The highest BCUT2D eigenvalue weighted by Crippen LogP contribution is 2.35. The van der Waals surface area contributed by atoms with Gasteiger partial charge in [0, 0.05) is 39.9 Å². The third-order valence-electron chi connectivity index (χ3n) is 5.18. The number of ether oxygens (including phenoxy) is 1. The summed E-state index contributed by atoms with van der Waals surface area (Å²) in [6.07, 6.45) is 3.11. The highest BCUT2D eigenvalue weighted by atomic mass is 32.2. The number of fused-ring (bicyclic) bond motifs is 1. The maximum absolute atomic E-state index is 15.4. The summed E-state index contributed by atoms with van der Waals surface area (Å²) in [7, 11) is -2.87. The zero-order valence-corrected chi connectivity index (χ0v) is 18.9. The van der Waals surface area contributed by atoms with Gasteiger partial charge in [0.2, 0.25) is 5.88 Å². The van der Waals surface area contributed by atoms with E-state index in [9.17, 15) is 12.8 Å². The van der Waals surface area contributed by atoms with E-state index in [1.54, 1.807) is 6.20 Å². The van der Waals surface area contributed by atoms with Gasteiger partial charge in [0.25, 0.3) is 0 Å². The molecule has 34 heavy (non-hydrogen) atoms. The number of hydrogen-bond acceptors (Lipinski definition) is 7. The molecule has 2 N–H and O–H groups in total. The minimum absolute atomic E-state index is 0.101. The van der Waals surface area contributed by atoms with Gasteiger partial charge in [-0.2, -0.15) is 9.47 Å². The quantitative estimate of drug-likeness (QED) is 0.352. The second kappa shape index (κ2) is 8.25. The predicted octanol–water partition coefficient (Wildman–Crippen LogP) is 4.48. The SMILES string of the molecule is COc1nscc1S(=O)(=O)Cc1cc(F)cc(-c2ccc3c(-c4ncc[nH]4)[nH]nc3c2F)c1F. The molecule has 3 heterocycles. The van der Waals surface area contributed by atoms with Crippen molar-refractivity contribution in [2.24, 2.45) is 0 Å². The summed E-state index contributed by atoms with van der Waals surface area (Å²) in [6, 6.07) is 4.35. The number of rotatable bonds is 6. The fraction of sp³-hybridized carbons (Fsp3) is 0.0952. The summed E-state index contributed by atoms with van der Waals surface area (Å²) in [6.45, 7) is 0. The summed E-state index contributed by atoms with van der Waals surface area (Å²) < 4.78 is 79.6. The molecule has 0 aliphatic carbocycles. The van der Waals surface area contributed by atoms with Gasteiger partial charge in [0.15, 0.2) is 21.5 Å². The second-order valence-corrected chi connectivity index (χ2v) is 9.82. The Hall–Kier alpha value is -3.71. The van der Waals surface area contributed by atoms with Crippen LogP contribution in [0.2, 0.25) is 0 Å². The van der Waals surface area contributed by atoms with Crippen LogP contribution < -0.4 is 4.74 Å². The molecule has 0 unspecified atom stereocenters. The minimum atomic E-state index is -4.12. The van der Waals surface area contributed by atoms with Crippen LogP contribution in [0.1, 0.15) is 5.56 Å². The normalized spacial score (nSPS) is 11.9. The topological polar surface area (TPSA) is 114 Å². The second-order valence-electron chi connectivity index (χ2n) is 7.23. The molecule has 0 aliphatic heterocycles. The number of benzene rings is 2. The molecule has 0 bridgehead atoms. The lowest BCUT2D eigenvalue weighted by atomic mass is 10.00. The Bertz CT molecular complexity index is 1630. The van der Waals surface area contributed by atoms with Gasteiger partial charge in [0.05, 0.1) is 12.9 Å². The van der Waals surface area contributed by atoms with Gasteiger partial charge < -0.3 is 9.72 Å². The molecule has 0 saturated carbocycles. The summed E-state index contributed by atoms with van der Waals surface area (Å²) in [5.41, 5.74) is -0.829. The van der Waals surface area contributed by atoms with E-state index in [0.717, 1.165) is 23.7 Å². The van der Waals surface area contributed by atoms with Crippen molar-refractivity contribution in [1.29, 1.82) is 0 Å². The molecule has 0 radical (unpaired) electrons. The Morgan fingerprint density at radius 2 is 1.94 bits per heavy atom. The van der Waals surface area contributed by atoms with Crippen molar-refractivity contribution in [1.82, 2.24) is 24.5 Å². The molecule has 13 heteroatoms. The fourth-order valence-corrected chi connectivity index (χ4v) is 6.09. The fourth-order valence-electron chi connectivity index (χ4n) is 3.63. The van der Waals surface area contributed by atoms with Gasteiger partial charge in [-0.1, -0.05) is 6.07 Å². The number of nitrogens with zero attached hydrogens (tertiary/aromatic N) is 3. The van der Waals surface area contributed by atoms with Crippen LogP contribution >= 0.6 is 11.5 Å². The number of methoxy groups -OCH3 is 1. The number of aromatic amines is 2. The number of H-pyrrole nitrogens is 2. The molecule has 174 valence electrons. The van der Waals surface area contributed by atoms with Gasteiger partial charge >= 0.3 is 0 Å².